The first-order valence-corrected chi connectivity index (χ1v) is 7.60. The number of carbonyl (C=O) groups is 1. The SMILES string of the molecule is NC(=O)CN(C1CCCC1)C1CNc2ccccc2C1. The number of anilines is 1. The summed E-state index contributed by atoms with van der Waals surface area (Å²) in [6.07, 6.45) is 5.96. The van der Waals surface area contributed by atoms with Crippen molar-refractivity contribution in [2.45, 2.75) is 44.2 Å². The smallest absolute Gasteiger partial charge is 0.231 e. The van der Waals surface area contributed by atoms with E-state index in [1.165, 1.54) is 36.9 Å². The minimum Gasteiger partial charge on any atom is -0.383 e. The molecule has 1 amide bonds. The zero-order valence-corrected chi connectivity index (χ0v) is 11.8. The van der Waals surface area contributed by atoms with E-state index in [4.69, 9.17) is 5.73 Å². The quantitative estimate of drug-likeness (QED) is 0.878. The number of para-hydroxylation sites is 1. The maximum Gasteiger partial charge on any atom is 0.231 e. The highest BCUT2D eigenvalue weighted by Crippen LogP contribution is 2.29. The number of hydrogen-bond donors (Lipinski definition) is 2. The zero-order chi connectivity index (χ0) is 13.9. The van der Waals surface area contributed by atoms with Crippen LogP contribution >= 0.6 is 0 Å². The van der Waals surface area contributed by atoms with Crippen LogP contribution in [0.25, 0.3) is 0 Å². The van der Waals surface area contributed by atoms with Gasteiger partial charge in [0.1, 0.15) is 0 Å². The molecule has 3 N–H and O–H groups in total. The first-order chi connectivity index (χ1) is 9.74. The standard InChI is InChI=1S/C16H23N3O/c17-16(20)11-19(13-6-2-3-7-13)14-9-12-5-1-4-8-15(12)18-10-14/h1,4-5,8,13-14,18H,2-3,6-7,9-11H2,(H2,17,20). The summed E-state index contributed by atoms with van der Waals surface area (Å²) in [5.41, 5.74) is 8.04. The molecule has 1 saturated carbocycles. The summed E-state index contributed by atoms with van der Waals surface area (Å²) in [4.78, 5) is 13.8. The Morgan fingerprint density at radius 1 is 1.25 bits per heavy atom. The van der Waals surface area contributed by atoms with Gasteiger partial charge in [-0.1, -0.05) is 31.0 Å². The topological polar surface area (TPSA) is 58.4 Å². The Hall–Kier alpha value is -1.55. The van der Waals surface area contributed by atoms with Gasteiger partial charge in [-0.15, -0.1) is 0 Å². The number of nitrogens with two attached hydrogens (primary N) is 1. The van der Waals surface area contributed by atoms with Crippen LogP contribution < -0.4 is 11.1 Å². The van der Waals surface area contributed by atoms with Crippen LogP contribution in [0.3, 0.4) is 0 Å². The van der Waals surface area contributed by atoms with Crippen molar-refractivity contribution >= 4 is 11.6 Å². The lowest BCUT2D eigenvalue weighted by atomic mass is 9.97. The number of hydrogen-bond acceptors (Lipinski definition) is 3. The molecule has 4 nitrogen and oxygen atoms in total. The molecule has 0 spiro atoms. The third-order valence-corrected chi connectivity index (χ3v) is 4.60. The van der Waals surface area contributed by atoms with Gasteiger partial charge < -0.3 is 11.1 Å². The Kier molecular flexibility index (Phi) is 3.92. The molecule has 1 aliphatic heterocycles. The molecule has 1 aromatic rings. The largest absolute Gasteiger partial charge is 0.383 e. The molecule has 20 heavy (non-hydrogen) atoms. The lowest BCUT2D eigenvalue weighted by Crippen LogP contribution is -2.51. The van der Waals surface area contributed by atoms with Gasteiger partial charge in [0.15, 0.2) is 0 Å². The Labute approximate surface area is 120 Å². The Morgan fingerprint density at radius 3 is 2.75 bits per heavy atom. The number of fused-ring (bicyclic) bond motifs is 1. The van der Waals surface area contributed by atoms with E-state index in [2.05, 4.69) is 34.5 Å². The average molecular weight is 273 g/mol. The fourth-order valence-corrected chi connectivity index (χ4v) is 3.63. The predicted octanol–water partition coefficient (Wildman–Crippen LogP) is 1.75. The lowest BCUT2D eigenvalue weighted by molar-refractivity contribution is -0.120. The van der Waals surface area contributed by atoms with Crippen molar-refractivity contribution in [2.24, 2.45) is 5.73 Å². The first kappa shape index (κ1) is 13.4. The van der Waals surface area contributed by atoms with Crippen molar-refractivity contribution in [3.8, 4) is 0 Å². The van der Waals surface area contributed by atoms with Crippen LogP contribution in [0.4, 0.5) is 5.69 Å². The van der Waals surface area contributed by atoms with Crippen LogP contribution in [0.15, 0.2) is 24.3 Å². The van der Waals surface area contributed by atoms with E-state index in [1.807, 2.05) is 0 Å². The van der Waals surface area contributed by atoms with Gasteiger partial charge in [-0.25, -0.2) is 0 Å². The van der Waals surface area contributed by atoms with Crippen LogP contribution in [0.2, 0.25) is 0 Å². The fraction of sp³-hybridized carbons (Fsp3) is 0.562. The van der Waals surface area contributed by atoms with Crippen molar-refractivity contribution in [3.05, 3.63) is 29.8 Å². The number of amides is 1. The summed E-state index contributed by atoms with van der Waals surface area (Å²) in [6, 6.07) is 9.34. The van der Waals surface area contributed by atoms with E-state index < -0.39 is 0 Å². The molecular weight excluding hydrogens is 250 g/mol. The van der Waals surface area contributed by atoms with Crippen molar-refractivity contribution in [3.63, 3.8) is 0 Å². The summed E-state index contributed by atoms with van der Waals surface area (Å²) in [5, 5.41) is 3.50. The number of nitrogens with zero attached hydrogens (tertiary/aromatic N) is 1. The monoisotopic (exact) mass is 273 g/mol. The minimum atomic E-state index is -0.212. The molecule has 2 aliphatic rings. The van der Waals surface area contributed by atoms with Crippen molar-refractivity contribution in [1.29, 1.82) is 0 Å². The molecule has 0 bridgehead atoms. The maximum absolute atomic E-state index is 11.4. The average Bonchev–Trinajstić information content (AvgIpc) is 2.98. The van der Waals surface area contributed by atoms with Gasteiger partial charge in [0, 0.05) is 24.3 Å². The van der Waals surface area contributed by atoms with Crippen molar-refractivity contribution in [2.75, 3.05) is 18.4 Å². The van der Waals surface area contributed by atoms with Gasteiger partial charge in [0.2, 0.25) is 5.91 Å². The van der Waals surface area contributed by atoms with Crippen LogP contribution in [0.5, 0.6) is 0 Å². The van der Waals surface area contributed by atoms with E-state index in [0.717, 1.165) is 13.0 Å². The third kappa shape index (κ3) is 2.80. The van der Waals surface area contributed by atoms with Gasteiger partial charge >= 0.3 is 0 Å². The second-order valence-corrected chi connectivity index (χ2v) is 5.97. The minimum absolute atomic E-state index is 0.212. The second-order valence-electron chi connectivity index (χ2n) is 5.97. The van der Waals surface area contributed by atoms with Crippen LogP contribution in [0, 0.1) is 0 Å². The molecular formula is C16H23N3O. The van der Waals surface area contributed by atoms with Gasteiger partial charge in [-0.2, -0.15) is 0 Å². The number of carbonyl (C=O) groups excluding carboxylic acids is 1. The highest BCUT2D eigenvalue weighted by Gasteiger charge is 2.31. The Balaban J connectivity index is 1.76. The number of nitrogens with one attached hydrogen (secondary N) is 1. The molecule has 1 fully saturated rings. The van der Waals surface area contributed by atoms with Gasteiger partial charge in [0.25, 0.3) is 0 Å². The van der Waals surface area contributed by atoms with E-state index in [0.29, 0.717) is 18.6 Å². The molecule has 1 atom stereocenters. The highest BCUT2D eigenvalue weighted by molar-refractivity contribution is 5.76. The molecule has 108 valence electrons. The molecule has 1 aliphatic carbocycles. The van der Waals surface area contributed by atoms with Crippen LogP contribution in [-0.2, 0) is 11.2 Å². The van der Waals surface area contributed by atoms with Crippen molar-refractivity contribution in [1.82, 2.24) is 4.90 Å². The molecule has 1 aromatic carbocycles. The normalized spacial score (nSPS) is 22.6. The predicted molar refractivity (Wildman–Crippen MR) is 80.6 cm³/mol. The second kappa shape index (κ2) is 5.83. The molecule has 0 saturated heterocycles. The lowest BCUT2D eigenvalue weighted by Gasteiger charge is -2.38. The molecule has 1 unspecified atom stereocenters. The Bertz CT molecular complexity index is 482. The summed E-state index contributed by atoms with van der Waals surface area (Å²) in [6.45, 7) is 1.29. The molecule has 3 rings (SSSR count). The highest BCUT2D eigenvalue weighted by atomic mass is 16.1. The van der Waals surface area contributed by atoms with E-state index in [9.17, 15) is 4.79 Å². The summed E-state index contributed by atoms with van der Waals surface area (Å²) in [5.74, 6) is -0.212. The van der Waals surface area contributed by atoms with Gasteiger partial charge in [-0.05, 0) is 30.9 Å². The Morgan fingerprint density at radius 2 is 2.00 bits per heavy atom. The summed E-state index contributed by atoms with van der Waals surface area (Å²) in [7, 11) is 0. The number of rotatable bonds is 4. The molecule has 1 heterocycles. The van der Waals surface area contributed by atoms with E-state index >= 15 is 0 Å². The van der Waals surface area contributed by atoms with Crippen LogP contribution in [0.1, 0.15) is 31.2 Å². The van der Waals surface area contributed by atoms with Crippen molar-refractivity contribution < 1.29 is 4.79 Å². The third-order valence-electron chi connectivity index (χ3n) is 4.60. The van der Waals surface area contributed by atoms with E-state index in [-0.39, 0.29) is 5.91 Å². The van der Waals surface area contributed by atoms with Gasteiger partial charge in [-0.3, -0.25) is 9.69 Å². The van der Waals surface area contributed by atoms with Gasteiger partial charge in [0.05, 0.1) is 6.54 Å². The van der Waals surface area contributed by atoms with Crippen LogP contribution in [-0.4, -0.2) is 36.0 Å². The summed E-state index contributed by atoms with van der Waals surface area (Å²) < 4.78 is 0. The fourth-order valence-electron chi connectivity index (χ4n) is 3.63. The number of benzene rings is 1. The molecule has 0 radical (unpaired) electrons. The maximum atomic E-state index is 11.4. The first-order valence-electron chi connectivity index (χ1n) is 7.60. The number of primary amides is 1. The van der Waals surface area contributed by atoms with E-state index in [1.54, 1.807) is 0 Å². The molecule has 4 heteroatoms. The molecule has 0 aromatic heterocycles. The zero-order valence-electron chi connectivity index (χ0n) is 11.8. The summed E-state index contributed by atoms with van der Waals surface area (Å²) >= 11 is 0.